The topological polar surface area (TPSA) is 116 Å². The van der Waals surface area contributed by atoms with Crippen LogP contribution in [0.25, 0.3) is 0 Å². The van der Waals surface area contributed by atoms with E-state index in [0.717, 1.165) is 26.2 Å². The molecular weight excluding hydrogens is 719 g/mol. The van der Waals surface area contributed by atoms with E-state index in [1.807, 2.05) is 7.05 Å². The van der Waals surface area contributed by atoms with Crippen molar-refractivity contribution in [2.75, 3.05) is 66.5 Å². The summed E-state index contributed by atoms with van der Waals surface area (Å²) < 4.78 is 49.1. The second kappa shape index (κ2) is 15.0. The number of hydrogen-bond donors (Lipinski definition) is 1. The van der Waals surface area contributed by atoms with E-state index in [1.165, 1.54) is 41.9 Å². The maximum atomic E-state index is 12.4. The van der Waals surface area contributed by atoms with Crippen molar-refractivity contribution >= 4 is 84.8 Å². The quantitative estimate of drug-likeness (QED) is 0.373. The molecule has 0 unspecified atom stereocenters. The van der Waals surface area contributed by atoms with Crippen LogP contribution < -0.4 is 5.32 Å². The second-order valence-corrected chi connectivity index (χ2v) is 15.1. The Labute approximate surface area is 249 Å². The average Bonchev–Trinajstić information content (AvgIpc) is 2.83. The molecule has 2 fully saturated rings. The Balaban J connectivity index is 0.000000217. The number of aromatic nitrogens is 2. The van der Waals surface area contributed by atoms with Crippen LogP contribution in [0.15, 0.2) is 43.3 Å². The van der Waals surface area contributed by atoms with Gasteiger partial charge in [0.15, 0.2) is 0 Å². The van der Waals surface area contributed by atoms with Gasteiger partial charge in [0.05, 0.1) is 0 Å². The van der Waals surface area contributed by atoms with Crippen LogP contribution in [0.2, 0.25) is 10.3 Å². The van der Waals surface area contributed by atoms with E-state index >= 15 is 0 Å². The lowest BCUT2D eigenvalue weighted by Gasteiger charge is -2.31. The zero-order chi connectivity index (χ0) is 27.8. The predicted molar refractivity (Wildman–Crippen MR) is 154 cm³/mol. The number of hydrogen-bond acceptors (Lipinski definition) is 9. The Bertz CT molecular complexity index is 1260. The fourth-order valence-corrected chi connectivity index (χ4v) is 7.33. The summed E-state index contributed by atoms with van der Waals surface area (Å²) in [7, 11) is 1.82. The summed E-state index contributed by atoms with van der Waals surface area (Å²) in [6.07, 6.45) is 2.86. The molecule has 2 aliphatic rings. The first kappa shape index (κ1) is 33.1. The van der Waals surface area contributed by atoms with Crippen LogP contribution in [-0.4, -0.2) is 107 Å². The van der Waals surface area contributed by atoms with Crippen molar-refractivity contribution in [2.45, 2.75) is 9.79 Å². The highest BCUT2D eigenvalue weighted by Gasteiger charge is 2.29. The van der Waals surface area contributed by atoms with Crippen LogP contribution in [0.1, 0.15) is 0 Å². The molecule has 10 nitrogen and oxygen atoms in total. The monoisotopic (exact) mass is 742 g/mol. The predicted octanol–water partition coefficient (Wildman–Crippen LogP) is 3.38. The number of nitrogens with zero attached hydrogens (tertiary/aromatic N) is 5. The maximum Gasteiger partial charge on any atom is 0.264 e. The van der Waals surface area contributed by atoms with Crippen LogP contribution in [-0.2, 0) is 19.1 Å². The van der Waals surface area contributed by atoms with Gasteiger partial charge >= 0.3 is 0 Å². The molecule has 0 aromatic carbocycles. The Hall–Kier alpha value is -0.130. The summed E-state index contributed by atoms with van der Waals surface area (Å²) in [5, 5.41) is 3.15. The smallest absolute Gasteiger partial charge is 0.264 e. The summed E-state index contributed by atoms with van der Waals surface area (Å²) >= 11 is 17.6. The lowest BCUT2D eigenvalue weighted by Crippen LogP contribution is -2.47. The maximum absolute atomic E-state index is 12.4. The standard InChI is InChI=1S/C10H13BrClN3O2S.C5H2BrCl2NO2S.C5H12N2/c1-14-2-4-15(5-3-14)18(16,17)9-6-8(11)7-13-10(9)12;6-3-1-4(12(8,10)11)5(7)9-2-3;1-7-4-2-6-3-5-7/h6-7H,2-5H2,1H3;1-2H;6H,2-5H2,1H3. The first-order valence-electron chi connectivity index (χ1n) is 10.9. The van der Waals surface area contributed by atoms with Gasteiger partial charge < -0.3 is 15.1 Å². The highest BCUT2D eigenvalue weighted by atomic mass is 79.9. The van der Waals surface area contributed by atoms with Gasteiger partial charge in [0.2, 0.25) is 10.0 Å². The molecule has 2 saturated heterocycles. The van der Waals surface area contributed by atoms with Crippen molar-refractivity contribution in [1.29, 1.82) is 0 Å². The van der Waals surface area contributed by atoms with Crippen LogP contribution in [0.4, 0.5) is 0 Å². The van der Waals surface area contributed by atoms with Crippen molar-refractivity contribution in [3.8, 4) is 0 Å². The van der Waals surface area contributed by atoms with Gasteiger partial charge in [-0.3, -0.25) is 0 Å². The third-order valence-corrected chi connectivity index (χ3v) is 10.2. The minimum atomic E-state index is -3.81. The summed E-state index contributed by atoms with van der Waals surface area (Å²) in [4.78, 5) is 11.7. The molecule has 208 valence electrons. The third kappa shape index (κ3) is 10.7. The van der Waals surface area contributed by atoms with Crippen molar-refractivity contribution in [3.63, 3.8) is 0 Å². The number of sulfonamides is 1. The normalized spacial score (nSPS) is 17.8. The van der Waals surface area contributed by atoms with Crippen LogP contribution in [0, 0.1) is 0 Å². The number of halogens is 5. The van der Waals surface area contributed by atoms with Gasteiger partial charge in [0, 0.05) is 84.4 Å². The summed E-state index contributed by atoms with van der Waals surface area (Å²) in [6.45, 7) is 7.13. The lowest BCUT2D eigenvalue weighted by atomic mass is 10.4. The molecular formula is C20H27Br2Cl3N6O4S2. The molecule has 1 N–H and O–H groups in total. The van der Waals surface area contributed by atoms with Gasteiger partial charge in [-0.15, -0.1) is 0 Å². The Morgan fingerprint density at radius 1 is 0.784 bits per heavy atom. The van der Waals surface area contributed by atoms with Crippen LogP contribution >= 0.6 is 65.7 Å². The molecule has 2 aliphatic heterocycles. The summed E-state index contributed by atoms with van der Waals surface area (Å²) in [5.74, 6) is 0. The van der Waals surface area contributed by atoms with E-state index < -0.39 is 19.1 Å². The van der Waals surface area contributed by atoms with E-state index in [1.54, 1.807) is 0 Å². The minimum absolute atomic E-state index is 0.0112. The van der Waals surface area contributed by atoms with E-state index in [0.29, 0.717) is 22.0 Å². The van der Waals surface area contributed by atoms with E-state index in [9.17, 15) is 16.8 Å². The molecule has 0 bridgehead atoms. The average molecular weight is 746 g/mol. The molecule has 0 radical (unpaired) electrons. The van der Waals surface area contributed by atoms with Gasteiger partial charge in [-0.25, -0.2) is 26.8 Å². The van der Waals surface area contributed by atoms with Crippen molar-refractivity contribution < 1.29 is 16.8 Å². The summed E-state index contributed by atoms with van der Waals surface area (Å²) in [5.41, 5.74) is 0. The molecule has 4 rings (SSSR count). The van der Waals surface area contributed by atoms with Crippen LogP contribution in [0.5, 0.6) is 0 Å². The number of nitrogens with one attached hydrogen (secondary N) is 1. The van der Waals surface area contributed by atoms with Gasteiger partial charge in [-0.05, 0) is 58.1 Å². The van der Waals surface area contributed by atoms with Gasteiger partial charge in [0.1, 0.15) is 20.1 Å². The molecule has 0 amide bonds. The van der Waals surface area contributed by atoms with Crippen LogP contribution in [0.3, 0.4) is 0 Å². The molecule has 0 spiro atoms. The van der Waals surface area contributed by atoms with E-state index in [4.69, 9.17) is 33.9 Å². The molecule has 2 aromatic rings. The molecule has 4 heterocycles. The summed E-state index contributed by atoms with van der Waals surface area (Å²) in [6, 6.07) is 2.78. The number of likely N-dealkylation sites (N-methyl/N-ethyl adjacent to an activating group) is 2. The van der Waals surface area contributed by atoms with E-state index in [-0.39, 0.29) is 20.1 Å². The van der Waals surface area contributed by atoms with Crippen molar-refractivity contribution in [1.82, 2.24) is 29.4 Å². The molecule has 0 aliphatic carbocycles. The Morgan fingerprint density at radius 3 is 1.62 bits per heavy atom. The zero-order valence-electron chi connectivity index (χ0n) is 20.0. The molecule has 17 heteroatoms. The Morgan fingerprint density at radius 2 is 1.22 bits per heavy atom. The fourth-order valence-electron chi connectivity index (χ4n) is 3.10. The minimum Gasteiger partial charge on any atom is -0.314 e. The lowest BCUT2D eigenvalue weighted by molar-refractivity contribution is 0.222. The first-order valence-corrected chi connectivity index (χ1v) is 17.0. The third-order valence-electron chi connectivity index (χ3n) is 5.23. The van der Waals surface area contributed by atoms with Crippen molar-refractivity contribution in [3.05, 3.63) is 43.8 Å². The van der Waals surface area contributed by atoms with E-state index in [2.05, 4.69) is 64.0 Å². The second-order valence-electron chi connectivity index (χ2n) is 8.08. The van der Waals surface area contributed by atoms with Crippen molar-refractivity contribution in [2.24, 2.45) is 0 Å². The molecule has 2 aromatic heterocycles. The highest BCUT2D eigenvalue weighted by molar-refractivity contribution is 9.10. The van der Waals surface area contributed by atoms with Gasteiger partial charge in [-0.2, -0.15) is 4.31 Å². The molecule has 0 atom stereocenters. The molecule has 37 heavy (non-hydrogen) atoms. The number of rotatable bonds is 3. The SMILES string of the molecule is CN1CCN(S(=O)(=O)c2cc(Br)cnc2Cl)CC1.CN1CCNCC1.O=S(=O)(Cl)c1cc(Br)cnc1Cl. The number of pyridine rings is 2. The Kier molecular flexibility index (Phi) is 13.4. The highest BCUT2D eigenvalue weighted by Crippen LogP contribution is 2.27. The number of piperazine rings is 2. The van der Waals surface area contributed by atoms with Gasteiger partial charge in [-0.1, -0.05) is 23.2 Å². The zero-order valence-corrected chi connectivity index (χ0v) is 27.1. The fraction of sp³-hybridized carbons (Fsp3) is 0.500. The van der Waals surface area contributed by atoms with Gasteiger partial charge in [0.25, 0.3) is 9.05 Å². The largest absolute Gasteiger partial charge is 0.314 e. The molecule has 0 saturated carbocycles. The first-order chi connectivity index (χ1) is 17.2.